The Morgan fingerprint density at radius 2 is 1.81 bits per heavy atom. The number of benzene rings is 1. The van der Waals surface area contributed by atoms with Gasteiger partial charge in [0.05, 0.1) is 12.2 Å². The summed E-state index contributed by atoms with van der Waals surface area (Å²) in [5.41, 5.74) is 2.21. The second kappa shape index (κ2) is 7.25. The van der Waals surface area contributed by atoms with Gasteiger partial charge in [0.1, 0.15) is 18.5 Å². The van der Waals surface area contributed by atoms with Crippen LogP contribution < -0.4 is 4.74 Å². The van der Waals surface area contributed by atoms with Gasteiger partial charge in [-0.1, -0.05) is 18.2 Å². The van der Waals surface area contributed by atoms with Gasteiger partial charge >= 0.3 is 0 Å². The number of para-hydroxylation sites is 1. The van der Waals surface area contributed by atoms with Crippen molar-refractivity contribution in [2.24, 2.45) is 0 Å². The SMILES string of the molecule is Cc1cccc(C)c1OC[C@H](O)CN1C[C@@H](C)O[C@H](C)C1. The Hall–Kier alpha value is -1.10. The Kier molecular flexibility index (Phi) is 5.62. The van der Waals surface area contributed by atoms with Gasteiger partial charge in [-0.3, -0.25) is 4.90 Å². The molecular formula is C17H27NO3. The third kappa shape index (κ3) is 4.70. The molecule has 1 saturated heterocycles. The fourth-order valence-electron chi connectivity index (χ4n) is 2.99. The fourth-order valence-corrected chi connectivity index (χ4v) is 2.99. The van der Waals surface area contributed by atoms with E-state index >= 15 is 0 Å². The molecule has 1 N–H and O–H groups in total. The van der Waals surface area contributed by atoms with E-state index in [-0.39, 0.29) is 12.2 Å². The summed E-state index contributed by atoms with van der Waals surface area (Å²) >= 11 is 0. The lowest BCUT2D eigenvalue weighted by Crippen LogP contribution is -2.48. The second-order valence-electron chi connectivity index (χ2n) is 6.16. The summed E-state index contributed by atoms with van der Waals surface area (Å²) in [7, 11) is 0. The number of rotatable bonds is 5. The summed E-state index contributed by atoms with van der Waals surface area (Å²) in [6.45, 7) is 10.9. The zero-order valence-electron chi connectivity index (χ0n) is 13.5. The smallest absolute Gasteiger partial charge is 0.125 e. The zero-order chi connectivity index (χ0) is 15.4. The number of aryl methyl sites for hydroxylation is 2. The maximum absolute atomic E-state index is 10.2. The van der Waals surface area contributed by atoms with Crippen molar-refractivity contribution < 1.29 is 14.6 Å². The van der Waals surface area contributed by atoms with Gasteiger partial charge in [0.15, 0.2) is 0 Å². The number of nitrogens with zero attached hydrogens (tertiary/aromatic N) is 1. The normalized spacial score (nSPS) is 24.8. The summed E-state index contributed by atoms with van der Waals surface area (Å²) in [4.78, 5) is 2.25. The standard InChI is InChI=1S/C17H27NO3/c1-12-6-5-7-13(2)17(12)20-11-16(19)10-18-8-14(3)21-15(4)9-18/h5-7,14-16,19H,8-11H2,1-4H3/t14-,15-,16-/m1/s1. The van der Waals surface area contributed by atoms with E-state index in [1.807, 2.05) is 32.0 Å². The Bertz CT molecular complexity index is 433. The van der Waals surface area contributed by atoms with Gasteiger partial charge in [0.2, 0.25) is 0 Å². The molecule has 1 aliphatic heterocycles. The Morgan fingerprint density at radius 1 is 1.24 bits per heavy atom. The number of aliphatic hydroxyl groups excluding tert-OH is 1. The summed E-state index contributed by atoms with van der Waals surface area (Å²) in [6, 6.07) is 6.07. The molecule has 0 unspecified atom stereocenters. The number of β-amino-alcohol motifs (C(OH)–C–C–N with tert-alkyl or cyclic N) is 1. The van der Waals surface area contributed by atoms with Gasteiger partial charge in [0.25, 0.3) is 0 Å². The van der Waals surface area contributed by atoms with Crippen LogP contribution >= 0.6 is 0 Å². The highest BCUT2D eigenvalue weighted by Crippen LogP contribution is 2.22. The van der Waals surface area contributed by atoms with Gasteiger partial charge in [-0.2, -0.15) is 0 Å². The van der Waals surface area contributed by atoms with E-state index in [9.17, 15) is 5.11 Å². The molecule has 1 aromatic rings. The van der Waals surface area contributed by atoms with Gasteiger partial charge in [-0.05, 0) is 38.8 Å². The molecule has 4 nitrogen and oxygen atoms in total. The van der Waals surface area contributed by atoms with Crippen LogP contribution in [0.5, 0.6) is 5.75 Å². The lowest BCUT2D eigenvalue weighted by molar-refractivity contribution is -0.0787. The molecule has 1 fully saturated rings. The third-order valence-electron chi connectivity index (χ3n) is 3.79. The monoisotopic (exact) mass is 293 g/mol. The average Bonchev–Trinajstić information content (AvgIpc) is 2.36. The highest BCUT2D eigenvalue weighted by molar-refractivity contribution is 5.39. The quantitative estimate of drug-likeness (QED) is 0.903. The van der Waals surface area contributed by atoms with Crippen LogP contribution in [0.1, 0.15) is 25.0 Å². The van der Waals surface area contributed by atoms with E-state index in [1.165, 1.54) is 0 Å². The molecule has 118 valence electrons. The molecule has 0 aliphatic carbocycles. The van der Waals surface area contributed by atoms with Crippen molar-refractivity contribution in [1.82, 2.24) is 4.90 Å². The number of aliphatic hydroxyl groups is 1. The molecule has 2 rings (SSSR count). The molecule has 21 heavy (non-hydrogen) atoms. The number of hydrogen-bond acceptors (Lipinski definition) is 4. The Labute approximate surface area is 127 Å². The number of ether oxygens (including phenoxy) is 2. The second-order valence-corrected chi connectivity index (χ2v) is 6.16. The summed E-state index contributed by atoms with van der Waals surface area (Å²) < 4.78 is 11.5. The highest BCUT2D eigenvalue weighted by Gasteiger charge is 2.24. The summed E-state index contributed by atoms with van der Waals surface area (Å²) in [5.74, 6) is 0.889. The largest absolute Gasteiger partial charge is 0.490 e. The molecule has 1 aromatic carbocycles. The number of hydrogen-bond donors (Lipinski definition) is 1. The van der Waals surface area contributed by atoms with Crippen molar-refractivity contribution >= 4 is 0 Å². The van der Waals surface area contributed by atoms with E-state index in [4.69, 9.17) is 9.47 Å². The molecule has 0 aromatic heterocycles. The minimum atomic E-state index is -0.485. The molecule has 3 atom stereocenters. The molecule has 0 amide bonds. The molecule has 0 bridgehead atoms. The molecule has 1 aliphatic rings. The zero-order valence-corrected chi connectivity index (χ0v) is 13.5. The van der Waals surface area contributed by atoms with E-state index in [2.05, 4.69) is 18.7 Å². The first-order valence-corrected chi connectivity index (χ1v) is 7.70. The summed E-state index contributed by atoms with van der Waals surface area (Å²) in [6.07, 6.45) is -0.0394. The highest BCUT2D eigenvalue weighted by atomic mass is 16.5. The average molecular weight is 293 g/mol. The van der Waals surface area contributed by atoms with Gasteiger partial charge in [0, 0.05) is 19.6 Å². The fraction of sp³-hybridized carbons (Fsp3) is 0.647. The van der Waals surface area contributed by atoms with Crippen LogP contribution in [0.4, 0.5) is 0 Å². The predicted octanol–water partition coefficient (Wildman–Crippen LogP) is 2.15. The first kappa shape index (κ1) is 16.3. The minimum Gasteiger partial charge on any atom is -0.490 e. The maximum Gasteiger partial charge on any atom is 0.125 e. The molecule has 1 heterocycles. The van der Waals surface area contributed by atoms with Gasteiger partial charge < -0.3 is 14.6 Å². The van der Waals surface area contributed by atoms with Crippen LogP contribution in [0.2, 0.25) is 0 Å². The van der Waals surface area contributed by atoms with E-state index in [1.54, 1.807) is 0 Å². The molecule has 0 spiro atoms. The Morgan fingerprint density at radius 3 is 2.38 bits per heavy atom. The molecule has 0 saturated carbocycles. The van der Waals surface area contributed by atoms with Gasteiger partial charge in [-0.15, -0.1) is 0 Å². The predicted molar refractivity (Wildman–Crippen MR) is 83.9 cm³/mol. The molecule has 4 heteroatoms. The van der Waals surface area contributed by atoms with Crippen LogP contribution in [0.3, 0.4) is 0 Å². The van der Waals surface area contributed by atoms with Crippen LogP contribution in [0.25, 0.3) is 0 Å². The Balaban J connectivity index is 1.83. The lowest BCUT2D eigenvalue weighted by atomic mass is 10.1. The topological polar surface area (TPSA) is 41.9 Å². The molecular weight excluding hydrogens is 266 g/mol. The van der Waals surface area contributed by atoms with Crippen LogP contribution in [-0.4, -0.2) is 54.6 Å². The van der Waals surface area contributed by atoms with Crippen molar-refractivity contribution in [3.8, 4) is 5.75 Å². The first-order chi connectivity index (χ1) is 9.95. The van der Waals surface area contributed by atoms with Crippen molar-refractivity contribution in [3.63, 3.8) is 0 Å². The van der Waals surface area contributed by atoms with Crippen molar-refractivity contribution in [1.29, 1.82) is 0 Å². The van der Waals surface area contributed by atoms with Crippen LogP contribution in [-0.2, 0) is 4.74 Å². The summed E-state index contributed by atoms with van der Waals surface area (Å²) in [5, 5.41) is 10.2. The van der Waals surface area contributed by atoms with Gasteiger partial charge in [-0.25, -0.2) is 0 Å². The van der Waals surface area contributed by atoms with Crippen molar-refractivity contribution in [3.05, 3.63) is 29.3 Å². The maximum atomic E-state index is 10.2. The van der Waals surface area contributed by atoms with E-state index < -0.39 is 6.10 Å². The van der Waals surface area contributed by atoms with E-state index in [0.717, 1.165) is 30.0 Å². The first-order valence-electron chi connectivity index (χ1n) is 7.70. The lowest BCUT2D eigenvalue weighted by Gasteiger charge is -2.36. The van der Waals surface area contributed by atoms with Crippen molar-refractivity contribution in [2.75, 3.05) is 26.2 Å². The van der Waals surface area contributed by atoms with Crippen LogP contribution in [0, 0.1) is 13.8 Å². The minimum absolute atomic E-state index is 0.223. The van der Waals surface area contributed by atoms with Crippen LogP contribution in [0.15, 0.2) is 18.2 Å². The van der Waals surface area contributed by atoms with Crippen molar-refractivity contribution in [2.45, 2.75) is 46.0 Å². The third-order valence-corrected chi connectivity index (χ3v) is 3.79. The number of morpholine rings is 1. The molecule has 0 radical (unpaired) electrons. The van der Waals surface area contributed by atoms with E-state index in [0.29, 0.717) is 13.2 Å².